The van der Waals surface area contributed by atoms with Crippen LogP contribution in [0.15, 0.2) is 48.5 Å². The minimum Gasteiger partial charge on any atom is -0.507 e. The Morgan fingerprint density at radius 3 is 2.36 bits per heavy atom. The summed E-state index contributed by atoms with van der Waals surface area (Å²) in [5.41, 5.74) is 0.933. The van der Waals surface area contributed by atoms with Crippen LogP contribution in [0.5, 0.6) is 0 Å². The highest BCUT2D eigenvalue weighted by molar-refractivity contribution is 6.46. The summed E-state index contributed by atoms with van der Waals surface area (Å²) in [6, 6.07) is 10.6. The highest BCUT2D eigenvalue weighted by Gasteiger charge is 2.15. The van der Waals surface area contributed by atoms with E-state index in [-0.39, 0.29) is 22.4 Å². The van der Waals surface area contributed by atoms with E-state index in [9.17, 15) is 19.5 Å². The van der Waals surface area contributed by atoms with Crippen molar-refractivity contribution in [2.75, 3.05) is 10.6 Å². The molecule has 0 saturated heterocycles. The first-order chi connectivity index (χ1) is 13.3. The van der Waals surface area contributed by atoms with Gasteiger partial charge in [0.25, 0.3) is 5.91 Å². The van der Waals surface area contributed by atoms with Crippen LogP contribution in [0.25, 0.3) is 5.76 Å². The molecule has 0 aromatic heterocycles. The number of carbonyl (C=O) groups is 3. The Balaban J connectivity index is 2.10. The summed E-state index contributed by atoms with van der Waals surface area (Å²) in [7, 11) is 0. The summed E-state index contributed by atoms with van der Waals surface area (Å²) in [6.45, 7) is 1.88. The van der Waals surface area contributed by atoms with E-state index in [0.717, 1.165) is 6.08 Å². The Bertz CT molecular complexity index is 924. The monoisotopic (exact) mass is 420 g/mol. The molecule has 0 aliphatic heterocycles. The lowest BCUT2D eigenvalue weighted by Crippen LogP contribution is -2.21. The zero-order chi connectivity index (χ0) is 20.7. The van der Waals surface area contributed by atoms with Gasteiger partial charge in [-0.15, -0.1) is 0 Å². The summed E-state index contributed by atoms with van der Waals surface area (Å²) >= 11 is 11.8. The molecule has 2 aromatic rings. The predicted molar refractivity (Wildman–Crippen MR) is 111 cm³/mol. The molecular formula is C20H18Cl2N2O4. The normalized spacial score (nSPS) is 11.0. The number of rotatable bonds is 7. The Morgan fingerprint density at radius 1 is 1.04 bits per heavy atom. The van der Waals surface area contributed by atoms with E-state index in [1.165, 1.54) is 24.3 Å². The van der Waals surface area contributed by atoms with E-state index in [2.05, 4.69) is 10.6 Å². The number of nitrogens with one attached hydrogen (secondary N) is 2. The fraction of sp³-hybridized carbons (Fsp3) is 0.150. The van der Waals surface area contributed by atoms with Crippen molar-refractivity contribution in [3.8, 4) is 0 Å². The lowest BCUT2D eigenvalue weighted by atomic mass is 10.1. The molecule has 146 valence electrons. The smallest absolute Gasteiger partial charge is 0.296 e. The summed E-state index contributed by atoms with van der Waals surface area (Å²) in [4.78, 5) is 35.9. The molecule has 0 atom stereocenters. The SMILES string of the molecule is CCCC(=O)Nc1ccc(Cl)c(NC(=O)C(=O)/C=C(\O)c2ccc(Cl)cc2)c1. The molecule has 0 unspecified atom stereocenters. The van der Waals surface area contributed by atoms with E-state index >= 15 is 0 Å². The van der Waals surface area contributed by atoms with Crippen LogP contribution in [0.4, 0.5) is 11.4 Å². The molecule has 0 aliphatic carbocycles. The molecule has 2 rings (SSSR count). The lowest BCUT2D eigenvalue weighted by Gasteiger charge is -2.10. The molecule has 8 heteroatoms. The van der Waals surface area contributed by atoms with Gasteiger partial charge in [0.15, 0.2) is 0 Å². The van der Waals surface area contributed by atoms with Crippen LogP contribution in [-0.2, 0) is 14.4 Å². The number of ketones is 1. The van der Waals surface area contributed by atoms with E-state index in [1.54, 1.807) is 18.2 Å². The molecule has 2 amide bonds. The molecule has 0 aliphatic rings. The Morgan fingerprint density at radius 2 is 1.71 bits per heavy atom. The average Bonchev–Trinajstić information content (AvgIpc) is 2.65. The maximum atomic E-state index is 12.1. The molecule has 0 spiro atoms. The van der Waals surface area contributed by atoms with Gasteiger partial charge in [0.05, 0.1) is 10.7 Å². The molecule has 0 fully saturated rings. The summed E-state index contributed by atoms with van der Waals surface area (Å²) in [5, 5.41) is 15.7. The second kappa shape index (κ2) is 9.92. The molecule has 0 heterocycles. The van der Waals surface area contributed by atoms with E-state index in [4.69, 9.17) is 23.2 Å². The second-order valence-corrected chi connectivity index (χ2v) is 6.69. The van der Waals surface area contributed by atoms with E-state index < -0.39 is 11.7 Å². The number of anilines is 2. The third-order valence-corrected chi connectivity index (χ3v) is 4.19. The van der Waals surface area contributed by atoms with Gasteiger partial charge in [0.1, 0.15) is 5.76 Å². The average molecular weight is 421 g/mol. The zero-order valence-corrected chi connectivity index (χ0v) is 16.5. The van der Waals surface area contributed by atoms with Crippen LogP contribution in [0.1, 0.15) is 25.3 Å². The quantitative estimate of drug-likeness (QED) is 0.339. The van der Waals surface area contributed by atoms with Crippen molar-refractivity contribution in [3.05, 3.63) is 64.1 Å². The van der Waals surface area contributed by atoms with Crippen molar-refractivity contribution in [1.82, 2.24) is 0 Å². The van der Waals surface area contributed by atoms with Crippen LogP contribution in [0, 0.1) is 0 Å². The van der Waals surface area contributed by atoms with Crippen molar-refractivity contribution in [1.29, 1.82) is 0 Å². The van der Waals surface area contributed by atoms with Gasteiger partial charge in [0, 0.05) is 28.8 Å². The summed E-state index contributed by atoms with van der Waals surface area (Å²) in [6.07, 6.45) is 1.86. The molecular weight excluding hydrogens is 403 g/mol. The third-order valence-electron chi connectivity index (χ3n) is 3.61. The summed E-state index contributed by atoms with van der Waals surface area (Å²) in [5.74, 6) is -2.50. The minimum absolute atomic E-state index is 0.161. The molecule has 0 bridgehead atoms. The van der Waals surface area contributed by atoms with Crippen LogP contribution in [-0.4, -0.2) is 22.7 Å². The highest BCUT2D eigenvalue weighted by Crippen LogP contribution is 2.26. The third kappa shape index (κ3) is 6.11. The van der Waals surface area contributed by atoms with Crippen LogP contribution in [0.2, 0.25) is 10.0 Å². The maximum Gasteiger partial charge on any atom is 0.296 e. The number of amides is 2. The number of aliphatic hydroxyl groups is 1. The number of halogens is 2. The maximum absolute atomic E-state index is 12.1. The first-order valence-electron chi connectivity index (χ1n) is 8.41. The first-order valence-corrected chi connectivity index (χ1v) is 9.17. The van der Waals surface area contributed by atoms with Crippen molar-refractivity contribution in [2.45, 2.75) is 19.8 Å². The van der Waals surface area contributed by atoms with Crippen LogP contribution < -0.4 is 10.6 Å². The standard InChI is InChI=1S/C20H18Cl2N2O4/c1-2-3-19(27)23-14-8-9-15(22)16(10-14)24-20(28)18(26)11-17(25)12-4-6-13(21)7-5-12/h4-11,25H,2-3H2,1H3,(H,23,27)(H,24,28)/b17-11-. The molecule has 6 nitrogen and oxygen atoms in total. The number of carbonyl (C=O) groups excluding carboxylic acids is 3. The van der Waals surface area contributed by atoms with Gasteiger partial charge in [-0.05, 0) is 48.9 Å². The van der Waals surface area contributed by atoms with Gasteiger partial charge < -0.3 is 15.7 Å². The van der Waals surface area contributed by atoms with E-state index in [1.807, 2.05) is 6.92 Å². The fourth-order valence-electron chi connectivity index (χ4n) is 2.23. The highest BCUT2D eigenvalue weighted by atomic mass is 35.5. The van der Waals surface area contributed by atoms with Crippen molar-refractivity contribution >= 4 is 57.9 Å². The van der Waals surface area contributed by atoms with Crippen LogP contribution in [0.3, 0.4) is 0 Å². The molecule has 0 radical (unpaired) electrons. The van der Waals surface area contributed by atoms with Crippen molar-refractivity contribution in [3.63, 3.8) is 0 Å². The Kier molecular flexibility index (Phi) is 7.61. The van der Waals surface area contributed by atoms with Crippen molar-refractivity contribution < 1.29 is 19.5 Å². The Labute approximate surface area is 172 Å². The predicted octanol–water partition coefficient (Wildman–Crippen LogP) is 4.84. The Hall–Kier alpha value is -2.83. The van der Waals surface area contributed by atoms with Gasteiger partial charge in [0.2, 0.25) is 11.7 Å². The molecule has 3 N–H and O–H groups in total. The largest absolute Gasteiger partial charge is 0.507 e. The van der Waals surface area contributed by atoms with Crippen LogP contribution >= 0.6 is 23.2 Å². The number of benzene rings is 2. The minimum atomic E-state index is -0.987. The number of hydrogen-bond acceptors (Lipinski definition) is 4. The van der Waals surface area contributed by atoms with E-state index in [0.29, 0.717) is 29.1 Å². The molecule has 0 saturated carbocycles. The van der Waals surface area contributed by atoms with Gasteiger partial charge in [-0.25, -0.2) is 0 Å². The fourth-order valence-corrected chi connectivity index (χ4v) is 2.52. The molecule has 2 aromatic carbocycles. The van der Waals surface area contributed by atoms with Crippen molar-refractivity contribution in [2.24, 2.45) is 0 Å². The first kappa shape index (κ1) is 21.5. The topological polar surface area (TPSA) is 95.5 Å². The number of aliphatic hydroxyl groups excluding tert-OH is 1. The van der Waals surface area contributed by atoms with Gasteiger partial charge >= 0.3 is 0 Å². The summed E-state index contributed by atoms with van der Waals surface area (Å²) < 4.78 is 0. The second-order valence-electron chi connectivity index (χ2n) is 5.85. The van der Waals surface area contributed by atoms with Gasteiger partial charge in [-0.1, -0.05) is 30.1 Å². The zero-order valence-electron chi connectivity index (χ0n) is 15.0. The number of hydrogen-bond donors (Lipinski definition) is 3. The molecule has 28 heavy (non-hydrogen) atoms. The van der Waals surface area contributed by atoms with Gasteiger partial charge in [-0.3, -0.25) is 14.4 Å². The lowest BCUT2D eigenvalue weighted by molar-refractivity contribution is -0.131. The van der Waals surface area contributed by atoms with Gasteiger partial charge in [-0.2, -0.15) is 0 Å².